The third-order valence-electron chi connectivity index (χ3n) is 1.89. The van der Waals surface area contributed by atoms with Gasteiger partial charge in [0, 0.05) is 6.20 Å². The van der Waals surface area contributed by atoms with Crippen molar-refractivity contribution in [3.63, 3.8) is 0 Å². The Bertz CT molecular complexity index is 668. The number of aromatic nitrogens is 1. The Morgan fingerprint density at radius 2 is 2.11 bits per heavy atom. The van der Waals surface area contributed by atoms with Crippen LogP contribution in [0.2, 0.25) is 10.2 Å². The summed E-state index contributed by atoms with van der Waals surface area (Å²) in [7, 11) is -3.71. The minimum absolute atomic E-state index is 0.0859. The minimum Gasteiger partial charge on any atom is -0.276 e. The van der Waals surface area contributed by atoms with Crippen LogP contribution in [-0.4, -0.2) is 13.4 Å². The molecular formula is C9H5BrCl2N2O2S2. The molecule has 0 spiro atoms. The normalized spacial score (nSPS) is 11.5. The summed E-state index contributed by atoms with van der Waals surface area (Å²) in [6.07, 6.45) is 1.47. The van der Waals surface area contributed by atoms with E-state index in [9.17, 15) is 8.42 Å². The van der Waals surface area contributed by atoms with E-state index in [1.54, 1.807) is 6.07 Å². The quantitative estimate of drug-likeness (QED) is 0.809. The van der Waals surface area contributed by atoms with Crippen LogP contribution in [0.15, 0.2) is 32.4 Å². The van der Waals surface area contributed by atoms with Crippen LogP contribution < -0.4 is 4.72 Å². The van der Waals surface area contributed by atoms with E-state index < -0.39 is 10.0 Å². The molecule has 0 saturated carbocycles. The fourth-order valence-corrected chi connectivity index (χ4v) is 4.80. The number of sulfonamides is 1. The van der Waals surface area contributed by atoms with Crippen molar-refractivity contribution in [3.05, 3.63) is 38.4 Å². The van der Waals surface area contributed by atoms with Crippen molar-refractivity contribution in [2.24, 2.45) is 0 Å². The van der Waals surface area contributed by atoms with Crippen molar-refractivity contribution >= 4 is 66.2 Å². The molecule has 9 heteroatoms. The Kier molecular flexibility index (Phi) is 4.18. The van der Waals surface area contributed by atoms with E-state index in [-0.39, 0.29) is 15.0 Å². The van der Waals surface area contributed by atoms with Gasteiger partial charge < -0.3 is 0 Å². The van der Waals surface area contributed by atoms with Crippen LogP contribution in [0.1, 0.15) is 0 Å². The van der Waals surface area contributed by atoms with Crippen molar-refractivity contribution in [3.8, 4) is 0 Å². The number of hydrogen-bond acceptors (Lipinski definition) is 4. The largest absolute Gasteiger partial charge is 0.276 e. The summed E-state index contributed by atoms with van der Waals surface area (Å²) >= 11 is 15.8. The highest BCUT2D eigenvalue weighted by Crippen LogP contribution is 2.35. The zero-order valence-electron chi connectivity index (χ0n) is 8.52. The summed E-state index contributed by atoms with van der Waals surface area (Å²) in [5.41, 5.74) is 0.222. The second-order valence-corrected chi connectivity index (χ2v) is 8.18. The average Bonchev–Trinajstić information content (AvgIpc) is 2.63. The first-order chi connectivity index (χ1) is 8.40. The summed E-state index contributed by atoms with van der Waals surface area (Å²) in [6, 6.07) is 4.47. The molecule has 0 radical (unpaired) electrons. The molecule has 1 N–H and O–H groups in total. The van der Waals surface area contributed by atoms with Crippen molar-refractivity contribution in [1.29, 1.82) is 0 Å². The smallest absolute Gasteiger partial charge is 0.271 e. The Hall–Kier alpha value is -0.340. The highest BCUT2D eigenvalue weighted by molar-refractivity contribution is 9.11. The number of nitrogens with zero attached hydrogens (tertiary/aromatic N) is 1. The van der Waals surface area contributed by atoms with E-state index in [1.165, 1.54) is 18.3 Å². The van der Waals surface area contributed by atoms with E-state index >= 15 is 0 Å². The molecule has 0 fully saturated rings. The van der Waals surface area contributed by atoms with Crippen molar-refractivity contribution in [1.82, 2.24) is 4.98 Å². The van der Waals surface area contributed by atoms with Crippen LogP contribution in [0.25, 0.3) is 0 Å². The molecule has 0 aliphatic rings. The molecule has 0 aromatic carbocycles. The minimum atomic E-state index is -3.71. The van der Waals surface area contributed by atoms with Gasteiger partial charge >= 0.3 is 0 Å². The summed E-state index contributed by atoms with van der Waals surface area (Å²) in [5.74, 6) is 0. The van der Waals surface area contributed by atoms with Gasteiger partial charge in [0.05, 0.1) is 14.5 Å². The van der Waals surface area contributed by atoms with Gasteiger partial charge in [-0.25, -0.2) is 13.4 Å². The monoisotopic (exact) mass is 386 g/mol. The molecular weight excluding hydrogens is 383 g/mol. The number of halogens is 3. The molecule has 2 heterocycles. The average molecular weight is 388 g/mol. The zero-order valence-corrected chi connectivity index (χ0v) is 13.3. The summed E-state index contributed by atoms with van der Waals surface area (Å²) in [5, 5.41) is 0.431. The van der Waals surface area contributed by atoms with Crippen LogP contribution >= 0.6 is 50.5 Å². The van der Waals surface area contributed by atoms with E-state index in [4.69, 9.17) is 23.2 Å². The predicted octanol–water partition coefficient (Wildman–Crippen LogP) is 4.01. The molecule has 2 aromatic rings. The fourth-order valence-electron chi connectivity index (χ4n) is 1.12. The lowest BCUT2D eigenvalue weighted by Crippen LogP contribution is -2.11. The third kappa shape index (κ3) is 2.97. The lowest BCUT2D eigenvalue weighted by molar-refractivity contribution is 0.603. The highest BCUT2D eigenvalue weighted by atomic mass is 79.9. The van der Waals surface area contributed by atoms with E-state index in [2.05, 4.69) is 25.6 Å². The van der Waals surface area contributed by atoms with Crippen LogP contribution in [0.5, 0.6) is 0 Å². The maximum Gasteiger partial charge on any atom is 0.271 e. The standard InChI is InChI=1S/C9H5BrCl2N2O2S2/c10-8-5(11)4-7(17-8)18(15,16)14-6-2-1-3-13-9(6)12/h1-4,14H. The van der Waals surface area contributed by atoms with Crippen LogP contribution in [-0.2, 0) is 10.0 Å². The number of thiophene rings is 1. The molecule has 0 aliphatic carbocycles. The number of pyridine rings is 1. The van der Waals surface area contributed by atoms with Crippen LogP contribution in [0.3, 0.4) is 0 Å². The van der Waals surface area contributed by atoms with Gasteiger partial charge in [0.25, 0.3) is 10.0 Å². The number of rotatable bonds is 3. The molecule has 96 valence electrons. The first-order valence-corrected chi connectivity index (χ1v) is 8.33. The van der Waals surface area contributed by atoms with Crippen molar-refractivity contribution < 1.29 is 8.42 Å². The van der Waals surface area contributed by atoms with Gasteiger partial charge in [0.1, 0.15) is 4.21 Å². The maximum atomic E-state index is 12.1. The fraction of sp³-hybridized carbons (Fsp3) is 0. The Morgan fingerprint density at radius 1 is 1.39 bits per heavy atom. The van der Waals surface area contributed by atoms with Crippen LogP contribution in [0, 0.1) is 0 Å². The SMILES string of the molecule is O=S(=O)(Nc1cccnc1Cl)c1cc(Cl)c(Br)s1. The van der Waals surface area contributed by atoms with E-state index in [0.29, 0.717) is 8.81 Å². The molecule has 0 bridgehead atoms. The maximum absolute atomic E-state index is 12.1. The molecule has 0 amide bonds. The summed E-state index contributed by atoms with van der Waals surface area (Å²) in [6.45, 7) is 0. The summed E-state index contributed by atoms with van der Waals surface area (Å²) in [4.78, 5) is 3.79. The first kappa shape index (κ1) is 14.1. The van der Waals surface area contributed by atoms with Gasteiger partial charge in [-0.15, -0.1) is 11.3 Å². The van der Waals surface area contributed by atoms with Gasteiger partial charge in [-0.1, -0.05) is 23.2 Å². The van der Waals surface area contributed by atoms with E-state index in [1.807, 2.05) is 0 Å². The Morgan fingerprint density at radius 3 is 2.67 bits per heavy atom. The number of nitrogens with one attached hydrogen (secondary N) is 1. The zero-order chi connectivity index (χ0) is 13.3. The predicted molar refractivity (Wildman–Crippen MR) is 77.1 cm³/mol. The molecule has 0 atom stereocenters. The lowest BCUT2D eigenvalue weighted by Gasteiger charge is -2.06. The number of hydrogen-bond donors (Lipinski definition) is 1. The second-order valence-electron chi connectivity index (χ2n) is 3.13. The van der Waals surface area contributed by atoms with Crippen molar-refractivity contribution in [2.45, 2.75) is 4.21 Å². The molecule has 4 nitrogen and oxygen atoms in total. The van der Waals surface area contributed by atoms with Gasteiger partial charge in [0.15, 0.2) is 5.15 Å². The van der Waals surface area contributed by atoms with Crippen LogP contribution in [0.4, 0.5) is 5.69 Å². The number of anilines is 1. The molecule has 2 aromatic heterocycles. The first-order valence-electron chi connectivity index (χ1n) is 4.48. The highest BCUT2D eigenvalue weighted by Gasteiger charge is 2.20. The molecule has 0 aliphatic heterocycles. The molecule has 0 unspecified atom stereocenters. The van der Waals surface area contributed by atoms with Crippen molar-refractivity contribution in [2.75, 3.05) is 4.72 Å². The Balaban J connectivity index is 2.36. The third-order valence-corrected chi connectivity index (χ3v) is 6.51. The lowest BCUT2D eigenvalue weighted by atomic mass is 10.4. The van der Waals surface area contributed by atoms with E-state index in [0.717, 1.165) is 11.3 Å². The second kappa shape index (κ2) is 5.34. The van der Waals surface area contributed by atoms with Gasteiger partial charge in [-0.05, 0) is 34.1 Å². The topological polar surface area (TPSA) is 59.1 Å². The molecule has 18 heavy (non-hydrogen) atoms. The molecule has 2 rings (SSSR count). The molecule has 0 saturated heterocycles. The summed E-state index contributed by atoms with van der Waals surface area (Å²) < 4.78 is 27.1. The van der Waals surface area contributed by atoms with Gasteiger partial charge in [-0.2, -0.15) is 0 Å². The van der Waals surface area contributed by atoms with Gasteiger partial charge in [-0.3, -0.25) is 4.72 Å². The van der Waals surface area contributed by atoms with Gasteiger partial charge in [0.2, 0.25) is 0 Å². The Labute approximate surface area is 126 Å².